The Morgan fingerprint density at radius 3 is 1.50 bits per heavy atom. The second-order valence-electron chi connectivity index (χ2n) is 8.08. The summed E-state index contributed by atoms with van der Waals surface area (Å²) in [6.45, 7) is 0. The van der Waals surface area contributed by atoms with Gasteiger partial charge in [-0.05, 0) is 64.0 Å². The number of aromatic carboxylic acids is 1. The molecule has 9 heteroatoms. The lowest BCUT2D eigenvalue weighted by Gasteiger charge is -2.24. The van der Waals surface area contributed by atoms with E-state index in [1.165, 1.54) is 42.5 Å². The summed E-state index contributed by atoms with van der Waals surface area (Å²) >= 11 is 0. The van der Waals surface area contributed by atoms with E-state index in [1.807, 2.05) is 24.3 Å². The van der Waals surface area contributed by atoms with E-state index in [4.69, 9.17) is 0 Å². The summed E-state index contributed by atoms with van der Waals surface area (Å²) in [6, 6.07) is 27.7. The zero-order valence-electron chi connectivity index (χ0n) is 18.6. The summed E-state index contributed by atoms with van der Waals surface area (Å²) in [4.78, 5) is 11.1. The summed E-state index contributed by atoms with van der Waals surface area (Å²) in [5, 5.41) is 12.2. The predicted octanol–water partition coefficient (Wildman–Crippen LogP) is 5.28. The SMILES string of the molecule is O=C(O)c1cccc(N(S(=O)(=O)c2ccc3ccccc3c2)S(=O)(=O)c2ccc3ccccc3c2)c1. The summed E-state index contributed by atoms with van der Waals surface area (Å²) < 4.78 is 56.1. The van der Waals surface area contributed by atoms with Gasteiger partial charge in [0.05, 0.1) is 21.0 Å². The molecule has 0 fully saturated rings. The number of benzene rings is 5. The van der Waals surface area contributed by atoms with Crippen molar-refractivity contribution in [3.63, 3.8) is 0 Å². The maximum absolute atomic E-state index is 13.9. The van der Waals surface area contributed by atoms with Crippen LogP contribution in [0.2, 0.25) is 0 Å². The third-order valence-electron chi connectivity index (χ3n) is 5.78. The maximum Gasteiger partial charge on any atom is 0.335 e. The molecule has 5 aromatic carbocycles. The van der Waals surface area contributed by atoms with Gasteiger partial charge in [-0.2, -0.15) is 3.71 Å². The van der Waals surface area contributed by atoms with Crippen molar-refractivity contribution >= 4 is 53.2 Å². The first-order chi connectivity index (χ1) is 17.2. The normalized spacial score (nSPS) is 12.0. The van der Waals surface area contributed by atoms with Gasteiger partial charge in [-0.15, -0.1) is 0 Å². The van der Waals surface area contributed by atoms with E-state index in [2.05, 4.69) is 0 Å². The molecule has 0 aliphatic carbocycles. The van der Waals surface area contributed by atoms with E-state index in [0.29, 0.717) is 14.5 Å². The van der Waals surface area contributed by atoms with Crippen molar-refractivity contribution in [3.8, 4) is 0 Å². The highest BCUT2D eigenvalue weighted by atomic mass is 32.3. The number of hydrogen-bond acceptors (Lipinski definition) is 5. The van der Waals surface area contributed by atoms with Crippen LogP contribution in [0.5, 0.6) is 0 Å². The minimum atomic E-state index is -4.69. The second kappa shape index (κ2) is 8.78. The molecular weight excluding hydrogens is 498 g/mol. The summed E-state index contributed by atoms with van der Waals surface area (Å²) in [7, 11) is -9.39. The molecule has 5 aromatic rings. The topological polar surface area (TPSA) is 109 Å². The predicted molar refractivity (Wildman–Crippen MR) is 138 cm³/mol. The van der Waals surface area contributed by atoms with Crippen LogP contribution in [-0.4, -0.2) is 27.9 Å². The summed E-state index contributed by atoms with van der Waals surface area (Å²) in [6.07, 6.45) is 0. The Morgan fingerprint density at radius 1 is 0.556 bits per heavy atom. The molecule has 5 rings (SSSR count). The number of nitrogens with zero attached hydrogens (tertiary/aromatic N) is 1. The van der Waals surface area contributed by atoms with E-state index >= 15 is 0 Å². The molecule has 180 valence electrons. The Labute approximate surface area is 208 Å². The number of anilines is 1. The molecular formula is C27H19NO6S2. The molecule has 0 unspecified atom stereocenters. The van der Waals surface area contributed by atoms with Gasteiger partial charge in [0.15, 0.2) is 0 Å². The highest BCUT2D eigenvalue weighted by molar-refractivity contribution is 8.10. The molecule has 0 radical (unpaired) electrons. The molecule has 0 atom stereocenters. The van der Waals surface area contributed by atoms with Crippen molar-refractivity contribution in [2.24, 2.45) is 0 Å². The van der Waals surface area contributed by atoms with Gasteiger partial charge in [-0.1, -0.05) is 66.7 Å². The standard InChI is InChI=1S/C27H19NO6S2/c29-27(30)23-10-5-11-24(16-23)28(35(31,32)25-14-12-19-6-1-3-8-21(19)17-25)36(33,34)26-15-13-20-7-2-4-9-22(20)18-26/h1-18H,(H,29,30). The number of rotatable bonds is 6. The molecule has 0 bridgehead atoms. The number of carboxylic acids is 1. The van der Waals surface area contributed by atoms with Crippen LogP contribution in [0.3, 0.4) is 0 Å². The second-order valence-corrected chi connectivity index (χ2v) is 11.9. The van der Waals surface area contributed by atoms with Gasteiger partial charge < -0.3 is 5.11 Å². The van der Waals surface area contributed by atoms with Crippen LogP contribution in [0.4, 0.5) is 5.69 Å². The van der Waals surface area contributed by atoms with Crippen molar-refractivity contribution in [1.29, 1.82) is 0 Å². The van der Waals surface area contributed by atoms with Crippen LogP contribution in [-0.2, 0) is 20.0 Å². The third kappa shape index (κ3) is 4.08. The fourth-order valence-electron chi connectivity index (χ4n) is 4.01. The monoisotopic (exact) mass is 517 g/mol. The van der Waals surface area contributed by atoms with E-state index in [0.717, 1.165) is 16.8 Å². The Kier molecular flexibility index (Phi) is 5.74. The molecule has 0 spiro atoms. The van der Waals surface area contributed by atoms with Gasteiger partial charge in [-0.25, -0.2) is 21.6 Å². The maximum atomic E-state index is 13.9. The minimum absolute atomic E-state index is 0.244. The molecule has 0 aliphatic heterocycles. The van der Waals surface area contributed by atoms with Gasteiger partial charge in [-0.3, -0.25) is 0 Å². The Hall–Kier alpha value is -4.21. The highest BCUT2D eigenvalue weighted by Crippen LogP contribution is 2.33. The quantitative estimate of drug-likeness (QED) is 0.328. The first-order valence-corrected chi connectivity index (χ1v) is 13.7. The Balaban J connectivity index is 1.76. The molecule has 0 amide bonds. The largest absolute Gasteiger partial charge is 0.478 e. The molecule has 0 aromatic heterocycles. The molecule has 0 saturated heterocycles. The molecule has 0 aliphatic rings. The van der Waals surface area contributed by atoms with E-state index in [-0.39, 0.29) is 21.0 Å². The Morgan fingerprint density at radius 2 is 1.03 bits per heavy atom. The number of carbonyl (C=O) groups is 1. The molecule has 7 nitrogen and oxygen atoms in total. The van der Waals surface area contributed by atoms with Crippen LogP contribution in [0.25, 0.3) is 21.5 Å². The first-order valence-electron chi connectivity index (χ1n) is 10.8. The molecule has 36 heavy (non-hydrogen) atoms. The first kappa shape index (κ1) is 23.5. The number of hydrogen-bond donors (Lipinski definition) is 1. The zero-order valence-corrected chi connectivity index (χ0v) is 20.3. The summed E-state index contributed by atoms with van der Waals surface area (Å²) in [5.74, 6) is -1.32. The number of carboxylic acid groups (broad SMARTS) is 1. The van der Waals surface area contributed by atoms with Crippen molar-refractivity contribution in [3.05, 3.63) is 115 Å². The average Bonchev–Trinajstić information content (AvgIpc) is 2.88. The van der Waals surface area contributed by atoms with E-state index in [1.54, 1.807) is 36.4 Å². The van der Waals surface area contributed by atoms with Gasteiger partial charge in [0.2, 0.25) is 0 Å². The van der Waals surface area contributed by atoms with Crippen LogP contribution in [0.1, 0.15) is 10.4 Å². The van der Waals surface area contributed by atoms with Crippen molar-refractivity contribution in [2.75, 3.05) is 3.71 Å². The van der Waals surface area contributed by atoms with Crippen molar-refractivity contribution in [1.82, 2.24) is 0 Å². The lowest BCUT2D eigenvalue weighted by atomic mass is 10.1. The number of fused-ring (bicyclic) bond motifs is 2. The Bertz CT molecular complexity index is 1760. The molecule has 1 N–H and O–H groups in total. The van der Waals surface area contributed by atoms with Gasteiger partial charge in [0.25, 0.3) is 20.0 Å². The minimum Gasteiger partial charge on any atom is -0.478 e. The highest BCUT2D eigenvalue weighted by Gasteiger charge is 2.37. The molecule has 0 heterocycles. The third-order valence-corrected chi connectivity index (χ3v) is 9.95. The fraction of sp³-hybridized carbons (Fsp3) is 0. The van der Waals surface area contributed by atoms with Crippen LogP contribution in [0, 0.1) is 0 Å². The fourth-order valence-corrected chi connectivity index (χ4v) is 7.75. The van der Waals surface area contributed by atoms with Gasteiger partial charge in [0.1, 0.15) is 0 Å². The smallest absolute Gasteiger partial charge is 0.335 e. The number of sulfonamides is 2. The van der Waals surface area contributed by atoms with E-state index < -0.39 is 26.0 Å². The zero-order chi connectivity index (χ0) is 25.5. The van der Waals surface area contributed by atoms with Crippen LogP contribution in [0.15, 0.2) is 119 Å². The van der Waals surface area contributed by atoms with Crippen LogP contribution < -0.4 is 3.71 Å². The van der Waals surface area contributed by atoms with E-state index in [9.17, 15) is 26.7 Å². The van der Waals surface area contributed by atoms with Crippen molar-refractivity contribution < 1.29 is 26.7 Å². The van der Waals surface area contributed by atoms with Gasteiger partial charge >= 0.3 is 5.97 Å². The average molecular weight is 518 g/mol. The molecule has 0 saturated carbocycles. The lowest BCUT2D eigenvalue weighted by Crippen LogP contribution is -2.37. The summed E-state index contributed by atoms with van der Waals surface area (Å²) in [5.41, 5.74) is -0.559. The van der Waals surface area contributed by atoms with Crippen molar-refractivity contribution in [2.45, 2.75) is 9.79 Å². The lowest BCUT2D eigenvalue weighted by molar-refractivity contribution is 0.0697. The van der Waals surface area contributed by atoms with Crippen LogP contribution >= 0.6 is 0 Å². The van der Waals surface area contributed by atoms with Gasteiger partial charge in [0, 0.05) is 0 Å².